The van der Waals surface area contributed by atoms with E-state index in [0.29, 0.717) is 0 Å². The molecule has 0 amide bonds. The van der Waals surface area contributed by atoms with Crippen LogP contribution in [0, 0.1) is 13.0 Å². The number of rotatable bonds is 3. The first kappa shape index (κ1) is 205. The Morgan fingerprint density at radius 1 is 0.268 bits per heavy atom. The molecule has 0 fully saturated rings. The fourth-order valence-corrected chi connectivity index (χ4v) is 2.25. The van der Waals surface area contributed by atoms with Crippen LogP contribution in [0.15, 0.2) is 78.9 Å². The molecule has 3 rings (SSSR count). The van der Waals surface area contributed by atoms with Gasteiger partial charge in [-0.05, 0) is 31.2 Å². The molecule has 3 aromatic carbocycles. The zero-order chi connectivity index (χ0) is 19.8. The Balaban J connectivity index is -0.00000000575. The predicted molar refractivity (Wildman–Crippen MR) is 119 cm³/mol. The van der Waals surface area contributed by atoms with Crippen molar-refractivity contribution in [1.29, 1.82) is 0 Å². The summed E-state index contributed by atoms with van der Waals surface area (Å²) in [6, 6.07) is 30.1. The quantitative estimate of drug-likeness (QED) is 0.239. The predicted octanol–water partition coefficient (Wildman–Crippen LogP) is 8.27. The summed E-state index contributed by atoms with van der Waals surface area (Å²) in [6.07, 6.45) is 0. The topological polar surface area (TPSA) is 3.24 Å². The van der Waals surface area contributed by atoms with Crippen molar-refractivity contribution in [3.8, 4) is 0 Å². The number of aryl methyl sites for hydroxylation is 1. The Hall–Kier alpha value is 30.6. The molecule has 3 aromatic rings. The first-order chi connectivity index (χ1) is 12.8. The molecule has 1 nitrogen and oxygen atoms in total. The third-order valence-electron chi connectivity index (χ3n) is 3.27. The molecule has 0 atom stereocenters. The van der Waals surface area contributed by atoms with Gasteiger partial charge in [-0.1, -0.05) is 83.1 Å². The zero-order valence-electron chi connectivity index (χ0n) is 34.8. The third-order valence-corrected chi connectivity index (χ3v) is 3.27. The molecule has 0 heterocycles. The number of hydrogen-bond donors (Lipinski definition) is 0. The van der Waals surface area contributed by atoms with Crippen LogP contribution in [0.2, 0.25) is 0 Å². The summed E-state index contributed by atoms with van der Waals surface area (Å²) in [5.74, 6) is 0. The standard InChI is InChI=1S/C19H16N.3C2H6.30Y/c1-16-12-14-19(15-13-16)20(17-8-4-2-5-9-17)18-10-6-3-7-11-18;3*1-2;;;;;;;;;;;;;;;;;;;;;;;;;;;;;;/h2,4-15H,1H3;3*1-2H3;;;;;;;;;;;;;;;;;;;;;;;;;;;;;;/q-1;;;;;;;;;;;;;;;;;;;;;;;;;;;;;;;;;. The van der Waals surface area contributed by atoms with Crippen LogP contribution >= 0.6 is 0 Å². The van der Waals surface area contributed by atoms with Gasteiger partial charge in [-0.2, -0.15) is 18.2 Å². The molecule has 0 aliphatic rings. The van der Waals surface area contributed by atoms with E-state index in [0.717, 1.165) is 17.1 Å². The van der Waals surface area contributed by atoms with Crippen LogP contribution in [0.3, 0.4) is 0 Å². The molecule has 230 valence electrons. The molecular weight excluding hydrogens is 2980 g/mol. The van der Waals surface area contributed by atoms with Crippen molar-refractivity contribution in [1.82, 2.24) is 0 Å². The number of benzene rings is 3. The maximum Gasteiger partial charge on any atom is 0.0438 e. The maximum absolute atomic E-state index is 3.07. The molecule has 0 aliphatic carbocycles. The van der Waals surface area contributed by atoms with Crippen LogP contribution in [0.1, 0.15) is 47.1 Å². The summed E-state index contributed by atoms with van der Waals surface area (Å²) in [4.78, 5) is 2.24. The maximum atomic E-state index is 3.07. The zero-order valence-corrected chi connectivity index (χ0v) is 120. The van der Waals surface area contributed by atoms with Crippen molar-refractivity contribution in [2.45, 2.75) is 48.5 Å². The molecule has 0 spiro atoms. The number of anilines is 3. The number of nitrogens with zero attached hydrogens (tertiary/aromatic N) is 1. The summed E-state index contributed by atoms with van der Waals surface area (Å²) in [5, 5.41) is 0. The minimum absolute atomic E-state index is 0. The second-order valence-electron chi connectivity index (χ2n) is 4.76. The van der Waals surface area contributed by atoms with Gasteiger partial charge in [0, 0.05) is 993 Å². The number of para-hydroxylation sites is 1. The first-order valence-corrected chi connectivity index (χ1v) is 9.72. The minimum atomic E-state index is 0. The molecule has 0 saturated heterocycles. The van der Waals surface area contributed by atoms with Crippen molar-refractivity contribution in [3.63, 3.8) is 0 Å². The Morgan fingerprint density at radius 2 is 0.464 bits per heavy atom. The largest absolute Gasteiger partial charge is 0.334 e. The van der Waals surface area contributed by atoms with Crippen LogP contribution in [-0.2, 0) is 981 Å². The first-order valence-electron chi connectivity index (χ1n) is 9.72. The third kappa shape index (κ3) is 126. The summed E-state index contributed by atoms with van der Waals surface area (Å²) in [6.45, 7) is 14.1. The Bertz CT molecular complexity index is 674. The molecular formula is C25H34NY30-. The van der Waals surface area contributed by atoms with E-state index < -0.39 is 0 Å². The van der Waals surface area contributed by atoms with E-state index in [1.807, 2.05) is 59.7 Å². The van der Waals surface area contributed by atoms with Crippen molar-refractivity contribution < 1.29 is 981 Å². The summed E-state index contributed by atoms with van der Waals surface area (Å²) in [5.41, 5.74) is 4.72. The van der Waals surface area contributed by atoms with Crippen molar-refractivity contribution in [2.24, 2.45) is 0 Å². The van der Waals surface area contributed by atoms with E-state index in [1.165, 1.54) is 5.56 Å². The van der Waals surface area contributed by atoms with Gasteiger partial charge in [-0.15, -0.1) is 12.1 Å². The SMILES string of the molecule is CC.CC.CC.Cc1ccc(N(c2cc[c-]cc2)c2ccccc2)cc1.[Y].[Y].[Y].[Y].[Y].[Y].[Y].[Y].[Y].[Y].[Y].[Y].[Y].[Y].[Y].[Y].[Y].[Y].[Y].[Y].[Y].[Y].[Y].[Y].[Y].[Y].[Y].[Y].[Y].[Y]. The van der Waals surface area contributed by atoms with E-state index in [9.17, 15) is 0 Å². The van der Waals surface area contributed by atoms with Gasteiger partial charge in [-0.25, -0.2) is 0 Å². The molecule has 0 bridgehead atoms. The van der Waals surface area contributed by atoms with Gasteiger partial charge in [0.05, 0.1) is 0 Å². The second kappa shape index (κ2) is 172. The van der Waals surface area contributed by atoms with Gasteiger partial charge in [0.15, 0.2) is 0 Å². The van der Waals surface area contributed by atoms with Gasteiger partial charge in [0.1, 0.15) is 0 Å². The fraction of sp³-hybridized carbons (Fsp3) is 0.280. The smallest absolute Gasteiger partial charge is 0.0438 e. The van der Waals surface area contributed by atoms with Crippen molar-refractivity contribution in [3.05, 3.63) is 90.5 Å². The second-order valence-corrected chi connectivity index (χ2v) is 4.76. The number of hydrogen-bond acceptors (Lipinski definition) is 1. The Kier molecular flexibility index (Phi) is 632. The summed E-state index contributed by atoms with van der Waals surface area (Å²) >= 11 is 0. The van der Waals surface area contributed by atoms with Crippen molar-refractivity contribution >= 4 is 17.1 Å². The van der Waals surface area contributed by atoms with Gasteiger partial charge < -0.3 is 4.90 Å². The van der Waals surface area contributed by atoms with E-state index in [1.54, 1.807) is 0 Å². The van der Waals surface area contributed by atoms with Crippen LogP contribution in [0.4, 0.5) is 17.1 Å². The molecule has 31 heteroatoms. The molecule has 0 saturated carbocycles. The molecule has 0 aliphatic heterocycles. The molecule has 0 unspecified atom stereocenters. The van der Waals surface area contributed by atoms with Crippen LogP contribution < -0.4 is 4.90 Å². The average Bonchev–Trinajstić information content (AvgIpc) is 2.76. The van der Waals surface area contributed by atoms with Crippen molar-refractivity contribution in [2.75, 3.05) is 4.90 Å². The van der Waals surface area contributed by atoms with E-state index in [4.69, 9.17) is 0 Å². The van der Waals surface area contributed by atoms with Gasteiger partial charge >= 0.3 is 0 Å². The van der Waals surface area contributed by atoms with E-state index in [-0.39, 0.29) is 981 Å². The minimum Gasteiger partial charge on any atom is -0.334 e. The van der Waals surface area contributed by atoms with Gasteiger partial charge in [0.2, 0.25) is 0 Å². The van der Waals surface area contributed by atoms with Gasteiger partial charge in [0.25, 0.3) is 0 Å². The molecule has 0 aromatic heterocycles. The van der Waals surface area contributed by atoms with E-state index in [2.05, 4.69) is 78.6 Å². The van der Waals surface area contributed by atoms with Crippen LogP contribution in [0.25, 0.3) is 0 Å². The van der Waals surface area contributed by atoms with E-state index >= 15 is 0 Å². The Labute approximate surface area is 1100 Å². The summed E-state index contributed by atoms with van der Waals surface area (Å²) < 4.78 is 0. The molecule has 0 N–H and O–H groups in total. The molecule has 30 radical (unpaired) electrons. The van der Waals surface area contributed by atoms with Crippen LogP contribution in [-0.4, -0.2) is 0 Å². The monoisotopic (exact) mass is 3020 g/mol. The molecule has 56 heavy (non-hydrogen) atoms. The van der Waals surface area contributed by atoms with Crippen LogP contribution in [0.5, 0.6) is 0 Å². The normalized spacial score (nSPS) is 3.98. The summed E-state index contributed by atoms with van der Waals surface area (Å²) in [7, 11) is 0. The fourth-order valence-electron chi connectivity index (χ4n) is 2.25. The average molecular weight is 3020 g/mol. The Morgan fingerprint density at radius 3 is 0.696 bits per heavy atom. The van der Waals surface area contributed by atoms with Gasteiger partial charge in [-0.3, -0.25) is 0 Å².